The Bertz CT molecular complexity index is 542. The summed E-state index contributed by atoms with van der Waals surface area (Å²) in [6.45, 7) is 0. The summed E-state index contributed by atoms with van der Waals surface area (Å²) in [4.78, 5) is 11.2. The maximum Gasteiger partial charge on any atom is 0.233 e. The van der Waals surface area contributed by atoms with E-state index < -0.39 is 21.7 Å². The molecule has 0 radical (unpaired) electrons. The highest BCUT2D eigenvalue weighted by Gasteiger charge is 2.09. The number of carbonyl (C=O) groups excluding carboxylic acids is 1. The summed E-state index contributed by atoms with van der Waals surface area (Å²) in [5, 5.41) is 0. The Morgan fingerprint density at radius 2 is 2.11 bits per heavy atom. The van der Waals surface area contributed by atoms with Gasteiger partial charge in [0, 0.05) is 6.42 Å². The summed E-state index contributed by atoms with van der Waals surface area (Å²) < 4.78 is 41.5. The molecule has 0 aliphatic carbocycles. The number of nitrogens with one attached hydrogen (secondary N) is 1. The van der Waals surface area contributed by atoms with Crippen LogP contribution in [0.25, 0.3) is 0 Å². The van der Waals surface area contributed by atoms with Gasteiger partial charge in [-0.3, -0.25) is 9.52 Å². The van der Waals surface area contributed by atoms with Crippen LogP contribution in [0, 0.1) is 5.82 Å². The van der Waals surface area contributed by atoms with Gasteiger partial charge in [-0.15, -0.1) is 0 Å². The smallest absolute Gasteiger partial charge is 0.233 e. The molecule has 1 aromatic rings. The van der Waals surface area contributed by atoms with Gasteiger partial charge in [0.15, 0.2) is 11.6 Å². The molecule has 0 saturated carbocycles. The summed E-state index contributed by atoms with van der Waals surface area (Å²) in [6, 6.07) is 4.33. The zero-order valence-electron chi connectivity index (χ0n) is 10.1. The van der Waals surface area contributed by atoms with Crippen LogP contribution in [0.15, 0.2) is 18.2 Å². The van der Waals surface area contributed by atoms with Crippen LogP contribution in [-0.4, -0.2) is 27.7 Å². The van der Waals surface area contributed by atoms with Crippen LogP contribution in [0.2, 0.25) is 0 Å². The monoisotopic (exact) mass is 275 g/mol. The molecule has 0 aliphatic heterocycles. The maximum absolute atomic E-state index is 13.3. The minimum atomic E-state index is -3.54. The Kier molecular flexibility index (Phi) is 4.66. The molecule has 0 bridgehead atoms. The van der Waals surface area contributed by atoms with Crippen molar-refractivity contribution in [2.45, 2.75) is 12.8 Å². The van der Waals surface area contributed by atoms with E-state index in [2.05, 4.69) is 0 Å². The first-order valence-corrected chi connectivity index (χ1v) is 7.04. The first-order chi connectivity index (χ1) is 8.31. The molecule has 1 aromatic carbocycles. The molecule has 0 heterocycles. The van der Waals surface area contributed by atoms with Crippen molar-refractivity contribution in [3.05, 3.63) is 29.6 Å². The van der Waals surface area contributed by atoms with Gasteiger partial charge in [-0.2, -0.15) is 0 Å². The molecule has 0 spiro atoms. The van der Waals surface area contributed by atoms with Crippen LogP contribution >= 0.6 is 0 Å². The normalized spacial score (nSPS) is 11.1. The van der Waals surface area contributed by atoms with Gasteiger partial charge in [0.05, 0.1) is 13.4 Å². The van der Waals surface area contributed by atoms with Crippen LogP contribution < -0.4 is 9.46 Å². The molecule has 0 aromatic heterocycles. The van der Waals surface area contributed by atoms with Crippen molar-refractivity contribution in [2.24, 2.45) is 0 Å². The van der Waals surface area contributed by atoms with Gasteiger partial charge in [0.2, 0.25) is 15.9 Å². The molecular formula is C11H14FNO4S. The second-order valence-electron chi connectivity index (χ2n) is 3.77. The minimum absolute atomic E-state index is 0.0289. The van der Waals surface area contributed by atoms with Gasteiger partial charge in [0.25, 0.3) is 0 Å². The second kappa shape index (κ2) is 5.81. The lowest BCUT2D eigenvalue weighted by Gasteiger charge is -2.05. The highest BCUT2D eigenvalue weighted by Crippen LogP contribution is 2.18. The lowest BCUT2D eigenvalue weighted by atomic mass is 10.1. The predicted octanol–water partition coefficient (Wildman–Crippen LogP) is 0.843. The summed E-state index contributed by atoms with van der Waals surface area (Å²) in [5.74, 6) is -1.01. The number of amides is 1. The van der Waals surface area contributed by atoms with E-state index in [0.29, 0.717) is 5.56 Å². The minimum Gasteiger partial charge on any atom is -0.494 e. The predicted molar refractivity (Wildman–Crippen MR) is 64.3 cm³/mol. The molecule has 100 valence electrons. The fourth-order valence-corrected chi connectivity index (χ4v) is 1.90. The van der Waals surface area contributed by atoms with E-state index in [4.69, 9.17) is 4.74 Å². The summed E-state index contributed by atoms with van der Waals surface area (Å²) in [5.41, 5.74) is 0.594. The maximum atomic E-state index is 13.3. The molecule has 0 aliphatic rings. The van der Waals surface area contributed by atoms with Crippen molar-refractivity contribution < 1.29 is 22.3 Å². The number of benzene rings is 1. The van der Waals surface area contributed by atoms with Crippen molar-refractivity contribution >= 4 is 15.9 Å². The number of halogens is 1. The molecule has 5 nitrogen and oxygen atoms in total. The van der Waals surface area contributed by atoms with Crippen molar-refractivity contribution in [3.8, 4) is 5.75 Å². The number of rotatable bonds is 5. The van der Waals surface area contributed by atoms with Crippen LogP contribution in [-0.2, 0) is 21.2 Å². The Morgan fingerprint density at radius 3 is 2.61 bits per heavy atom. The van der Waals surface area contributed by atoms with Gasteiger partial charge in [-0.25, -0.2) is 12.8 Å². The first-order valence-electron chi connectivity index (χ1n) is 5.15. The standard InChI is InChI=1S/C11H14FNO4S/c1-17-10-5-3-8(7-9(10)12)4-6-11(14)13-18(2,15)16/h3,5,7H,4,6H2,1-2H3,(H,13,14). The van der Waals surface area contributed by atoms with E-state index in [1.54, 1.807) is 6.07 Å². The second-order valence-corrected chi connectivity index (χ2v) is 5.51. The number of ether oxygens (including phenoxy) is 1. The Labute approximate surface area is 105 Å². The molecule has 18 heavy (non-hydrogen) atoms. The third-order valence-electron chi connectivity index (χ3n) is 2.16. The fraction of sp³-hybridized carbons (Fsp3) is 0.364. The SMILES string of the molecule is COc1ccc(CCC(=O)NS(C)(=O)=O)cc1F. The molecule has 1 N–H and O–H groups in total. The molecule has 1 amide bonds. The molecule has 0 atom stereocenters. The van der Waals surface area contributed by atoms with Gasteiger partial charge in [-0.05, 0) is 24.1 Å². The molecule has 0 unspecified atom stereocenters. The van der Waals surface area contributed by atoms with Crippen molar-refractivity contribution in [1.29, 1.82) is 0 Å². The van der Waals surface area contributed by atoms with Crippen LogP contribution in [0.5, 0.6) is 5.75 Å². The van der Waals surface area contributed by atoms with Gasteiger partial charge in [-0.1, -0.05) is 6.07 Å². The van der Waals surface area contributed by atoms with Gasteiger partial charge in [0.1, 0.15) is 0 Å². The number of aryl methyl sites for hydroxylation is 1. The van der Waals surface area contributed by atoms with E-state index >= 15 is 0 Å². The van der Waals surface area contributed by atoms with E-state index in [-0.39, 0.29) is 18.6 Å². The molecule has 0 fully saturated rings. The zero-order valence-corrected chi connectivity index (χ0v) is 10.9. The lowest BCUT2D eigenvalue weighted by molar-refractivity contribution is -0.119. The van der Waals surface area contributed by atoms with Gasteiger partial charge < -0.3 is 4.74 Å². The van der Waals surface area contributed by atoms with Crippen molar-refractivity contribution in [1.82, 2.24) is 4.72 Å². The first kappa shape index (κ1) is 14.4. The molecule has 0 saturated heterocycles. The Balaban J connectivity index is 2.59. The highest BCUT2D eigenvalue weighted by atomic mass is 32.2. The zero-order chi connectivity index (χ0) is 13.8. The number of hydrogen-bond donors (Lipinski definition) is 1. The summed E-state index contributed by atoms with van der Waals surface area (Å²) in [7, 11) is -2.18. The third-order valence-corrected chi connectivity index (χ3v) is 2.75. The number of carbonyl (C=O) groups is 1. The van der Waals surface area contributed by atoms with E-state index in [9.17, 15) is 17.6 Å². The average molecular weight is 275 g/mol. The largest absolute Gasteiger partial charge is 0.494 e. The average Bonchev–Trinajstić information content (AvgIpc) is 2.24. The van der Waals surface area contributed by atoms with E-state index in [0.717, 1.165) is 6.26 Å². The number of hydrogen-bond acceptors (Lipinski definition) is 4. The van der Waals surface area contributed by atoms with Crippen LogP contribution in [0.3, 0.4) is 0 Å². The topological polar surface area (TPSA) is 72.5 Å². The Morgan fingerprint density at radius 1 is 1.44 bits per heavy atom. The molecule has 1 rings (SSSR count). The van der Waals surface area contributed by atoms with Gasteiger partial charge >= 0.3 is 0 Å². The number of sulfonamides is 1. The Hall–Kier alpha value is -1.63. The lowest BCUT2D eigenvalue weighted by Crippen LogP contribution is -2.29. The van der Waals surface area contributed by atoms with Crippen molar-refractivity contribution in [3.63, 3.8) is 0 Å². The van der Waals surface area contributed by atoms with Crippen molar-refractivity contribution in [2.75, 3.05) is 13.4 Å². The van der Waals surface area contributed by atoms with E-state index in [1.807, 2.05) is 4.72 Å². The van der Waals surface area contributed by atoms with Crippen LogP contribution in [0.4, 0.5) is 4.39 Å². The fourth-order valence-electron chi connectivity index (χ4n) is 1.38. The van der Waals surface area contributed by atoms with E-state index in [1.165, 1.54) is 19.2 Å². The molecule has 7 heteroatoms. The summed E-state index contributed by atoms with van der Waals surface area (Å²) >= 11 is 0. The van der Waals surface area contributed by atoms with Crippen LogP contribution in [0.1, 0.15) is 12.0 Å². The highest BCUT2D eigenvalue weighted by molar-refractivity contribution is 7.89. The quantitative estimate of drug-likeness (QED) is 0.864. The third kappa shape index (κ3) is 4.70. The summed E-state index contributed by atoms with van der Waals surface area (Å²) in [6.07, 6.45) is 1.12. The number of methoxy groups -OCH3 is 1. The molecular weight excluding hydrogens is 261 g/mol.